The second-order valence-corrected chi connectivity index (χ2v) is 5.05. The summed E-state index contributed by atoms with van der Waals surface area (Å²) in [5, 5.41) is 0. The molecule has 5 nitrogen and oxygen atoms in total. The van der Waals surface area contributed by atoms with E-state index >= 15 is 0 Å². The van der Waals surface area contributed by atoms with Gasteiger partial charge in [0.25, 0.3) is 0 Å². The predicted molar refractivity (Wildman–Crippen MR) is 80.1 cm³/mol. The Balaban J connectivity index is 2.03. The number of nitrogens with two attached hydrogens (primary N) is 1. The highest BCUT2D eigenvalue weighted by atomic mass is 16.5. The molecule has 1 heterocycles. The number of hydrogen-bond donors (Lipinski definition) is 1. The molecule has 20 heavy (non-hydrogen) atoms. The number of rotatable bonds is 5. The van der Waals surface area contributed by atoms with Crippen molar-refractivity contribution >= 4 is 11.6 Å². The molecular formula is C15H23N3O2. The summed E-state index contributed by atoms with van der Waals surface area (Å²) in [6.07, 6.45) is 1.76. The fourth-order valence-electron chi connectivity index (χ4n) is 2.30. The molecule has 1 aromatic rings. The quantitative estimate of drug-likeness (QED) is 0.875. The molecule has 0 aliphatic carbocycles. The molecule has 1 aromatic carbocycles. The summed E-state index contributed by atoms with van der Waals surface area (Å²) in [5.74, 6) is 0.984. The number of para-hydroxylation sites is 2. The van der Waals surface area contributed by atoms with Crippen LogP contribution in [0, 0.1) is 0 Å². The Morgan fingerprint density at radius 3 is 3.05 bits per heavy atom. The van der Waals surface area contributed by atoms with E-state index in [-0.39, 0.29) is 5.91 Å². The van der Waals surface area contributed by atoms with Crippen LogP contribution in [-0.4, -0.2) is 50.6 Å². The van der Waals surface area contributed by atoms with E-state index in [1.807, 2.05) is 31.3 Å². The fourth-order valence-corrected chi connectivity index (χ4v) is 2.30. The molecule has 0 bridgehead atoms. The van der Waals surface area contributed by atoms with E-state index in [1.165, 1.54) is 0 Å². The van der Waals surface area contributed by atoms with E-state index in [9.17, 15) is 4.79 Å². The van der Waals surface area contributed by atoms with Gasteiger partial charge in [0.15, 0.2) is 0 Å². The van der Waals surface area contributed by atoms with Gasteiger partial charge in [0, 0.05) is 20.1 Å². The monoisotopic (exact) mass is 277 g/mol. The molecule has 2 rings (SSSR count). The van der Waals surface area contributed by atoms with Crippen LogP contribution in [0.4, 0.5) is 5.69 Å². The van der Waals surface area contributed by atoms with Crippen LogP contribution in [-0.2, 0) is 4.79 Å². The summed E-state index contributed by atoms with van der Waals surface area (Å²) in [6.45, 7) is 3.25. The zero-order chi connectivity index (χ0) is 14.4. The van der Waals surface area contributed by atoms with Crippen LogP contribution < -0.4 is 15.4 Å². The summed E-state index contributed by atoms with van der Waals surface area (Å²) in [7, 11) is 1.83. The van der Waals surface area contributed by atoms with Gasteiger partial charge in [0.05, 0.1) is 18.8 Å². The zero-order valence-corrected chi connectivity index (χ0v) is 12.0. The van der Waals surface area contributed by atoms with Crippen LogP contribution in [0.1, 0.15) is 12.8 Å². The Morgan fingerprint density at radius 1 is 1.45 bits per heavy atom. The minimum Gasteiger partial charge on any atom is -0.491 e. The van der Waals surface area contributed by atoms with Gasteiger partial charge in [-0.1, -0.05) is 12.1 Å². The Labute approximate surface area is 120 Å². The van der Waals surface area contributed by atoms with Crippen molar-refractivity contribution in [3.8, 4) is 5.75 Å². The van der Waals surface area contributed by atoms with E-state index in [4.69, 9.17) is 10.5 Å². The van der Waals surface area contributed by atoms with Crippen molar-refractivity contribution in [1.82, 2.24) is 4.90 Å². The number of hydrogen-bond acceptors (Lipinski definition) is 4. The normalized spacial score (nSPS) is 14.2. The molecule has 0 saturated carbocycles. The average Bonchev–Trinajstić information content (AvgIpc) is 2.67. The number of carbonyl (C=O) groups is 1. The van der Waals surface area contributed by atoms with Crippen molar-refractivity contribution in [2.45, 2.75) is 12.8 Å². The summed E-state index contributed by atoms with van der Waals surface area (Å²) in [6, 6.07) is 7.89. The summed E-state index contributed by atoms with van der Waals surface area (Å²) in [5.41, 5.74) is 6.49. The first kappa shape index (κ1) is 14.7. The van der Waals surface area contributed by atoms with Crippen molar-refractivity contribution in [3.63, 3.8) is 0 Å². The molecule has 110 valence electrons. The fraction of sp³-hybridized carbons (Fsp3) is 0.533. The molecule has 0 saturated heterocycles. The number of nitrogens with zero attached hydrogens (tertiary/aromatic N) is 2. The van der Waals surface area contributed by atoms with Crippen LogP contribution in [0.2, 0.25) is 0 Å². The van der Waals surface area contributed by atoms with Gasteiger partial charge >= 0.3 is 0 Å². The molecule has 0 aromatic heterocycles. The smallest absolute Gasteiger partial charge is 0.241 e. The molecule has 1 amide bonds. The van der Waals surface area contributed by atoms with Crippen molar-refractivity contribution in [3.05, 3.63) is 24.3 Å². The predicted octanol–water partition coefficient (Wildman–Crippen LogP) is 1.08. The van der Waals surface area contributed by atoms with E-state index in [1.54, 1.807) is 4.90 Å². The topological polar surface area (TPSA) is 58.8 Å². The van der Waals surface area contributed by atoms with Gasteiger partial charge in [-0.3, -0.25) is 4.79 Å². The lowest BCUT2D eigenvalue weighted by Crippen LogP contribution is -2.39. The molecule has 1 aliphatic heterocycles. The molecule has 2 N–H and O–H groups in total. The minimum atomic E-state index is 0.121. The van der Waals surface area contributed by atoms with Crippen LogP contribution in [0.3, 0.4) is 0 Å². The Morgan fingerprint density at radius 2 is 2.25 bits per heavy atom. The van der Waals surface area contributed by atoms with Crippen LogP contribution in [0.15, 0.2) is 24.3 Å². The number of fused-ring (bicyclic) bond motifs is 1. The summed E-state index contributed by atoms with van der Waals surface area (Å²) in [4.78, 5) is 16.1. The Kier molecular flexibility index (Phi) is 5.24. The van der Waals surface area contributed by atoms with Gasteiger partial charge in [0.1, 0.15) is 5.75 Å². The Bertz CT molecular complexity index is 450. The lowest BCUT2D eigenvalue weighted by molar-refractivity contribution is -0.128. The third-order valence-electron chi connectivity index (χ3n) is 3.49. The van der Waals surface area contributed by atoms with Crippen LogP contribution in [0.25, 0.3) is 0 Å². The van der Waals surface area contributed by atoms with Gasteiger partial charge in [-0.05, 0) is 31.5 Å². The number of carbonyl (C=O) groups excluding carboxylic acids is 1. The first-order valence-corrected chi connectivity index (χ1v) is 7.13. The van der Waals surface area contributed by atoms with Gasteiger partial charge in [-0.25, -0.2) is 0 Å². The van der Waals surface area contributed by atoms with Gasteiger partial charge < -0.3 is 20.3 Å². The first-order valence-electron chi connectivity index (χ1n) is 7.13. The lowest BCUT2D eigenvalue weighted by atomic mass is 10.2. The number of ether oxygens (including phenoxy) is 1. The highest BCUT2D eigenvalue weighted by molar-refractivity contribution is 5.82. The molecule has 0 spiro atoms. The van der Waals surface area contributed by atoms with E-state index in [0.29, 0.717) is 26.2 Å². The third-order valence-corrected chi connectivity index (χ3v) is 3.49. The molecule has 0 atom stereocenters. The van der Waals surface area contributed by atoms with E-state index in [2.05, 4.69) is 4.90 Å². The molecular weight excluding hydrogens is 254 g/mol. The summed E-state index contributed by atoms with van der Waals surface area (Å²) < 4.78 is 5.70. The number of anilines is 1. The maximum absolute atomic E-state index is 12.2. The zero-order valence-electron chi connectivity index (χ0n) is 12.0. The largest absolute Gasteiger partial charge is 0.491 e. The number of amides is 1. The van der Waals surface area contributed by atoms with Gasteiger partial charge in [0.2, 0.25) is 5.91 Å². The van der Waals surface area contributed by atoms with Gasteiger partial charge in [-0.2, -0.15) is 0 Å². The van der Waals surface area contributed by atoms with Crippen molar-refractivity contribution in [2.24, 2.45) is 5.73 Å². The summed E-state index contributed by atoms with van der Waals surface area (Å²) >= 11 is 0. The lowest BCUT2D eigenvalue weighted by Gasteiger charge is -2.26. The van der Waals surface area contributed by atoms with Crippen LogP contribution in [0.5, 0.6) is 5.75 Å². The van der Waals surface area contributed by atoms with Gasteiger partial charge in [-0.15, -0.1) is 0 Å². The van der Waals surface area contributed by atoms with Crippen molar-refractivity contribution in [1.29, 1.82) is 0 Å². The second-order valence-electron chi connectivity index (χ2n) is 5.05. The number of likely N-dealkylation sites (N-methyl/N-ethyl adjacent to an activating group) is 1. The van der Waals surface area contributed by atoms with Crippen molar-refractivity contribution in [2.75, 3.05) is 44.7 Å². The van der Waals surface area contributed by atoms with E-state index in [0.717, 1.165) is 30.8 Å². The maximum Gasteiger partial charge on any atom is 0.241 e. The van der Waals surface area contributed by atoms with E-state index < -0.39 is 0 Å². The molecule has 1 aliphatic rings. The SMILES string of the molecule is CN(CCCN)C(=O)CN1CCCOc2ccccc21. The minimum absolute atomic E-state index is 0.121. The highest BCUT2D eigenvalue weighted by Crippen LogP contribution is 2.30. The Hall–Kier alpha value is -1.75. The number of benzene rings is 1. The standard InChI is InChI=1S/C15H23N3O2/c1-17(9-4-8-16)15(19)12-18-10-5-11-20-14-7-3-2-6-13(14)18/h2-3,6-7H,4-5,8-12,16H2,1H3. The third kappa shape index (κ3) is 3.63. The maximum atomic E-state index is 12.2. The molecule has 0 unspecified atom stereocenters. The average molecular weight is 277 g/mol. The molecule has 5 heteroatoms. The molecule has 0 radical (unpaired) electrons. The molecule has 0 fully saturated rings. The van der Waals surface area contributed by atoms with Crippen molar-refractivity contribution < 1.29 is 9.53 Å². The highest BCUT2D eigenvalue weighted by Gasteiger charge is 2.19. The van der Waals surface area contributed by atoms with Crippen LogP contribution >= 0.6 is 0 Å². The first-order chi connectivity index (χ1) is 9.72. The second kappa shape index (κ2) is 7.14.